The summed E-state index contributed by atoms with van der Waals surface area (Å²) in [4.78, 5) is 0. The van der Waals surface area contributed by atoms with Crippen LogP contribution in [0.4, 0.5) is 0 Å². The first kappa shape index (κ1) is 6.99. The summed E-state index contributed by atoms with van der Waals surface area (Å²) in [5, 5.41) is 19.9. The molecule has 0 aromatic heterocycles. The van der Waals surface area contributed by atoms with Crippen molar-refractivity contribution in [3.8, 4) is 0 Å². The van der Waals surface area contributed by atoms with Crippen LogP contribution >= 0.6 is 0 Å². The minimum atomic E-state index is -0.240. The molecule has 3 heteroatoms. The number of aliphatic hydroxyl groups excluding tert-OH is 1. The maximum atomic E-state index is 11.2. The minimum absolute atomic E-state index is 0.0417. The average molecular weight is 131 g/mol. The van der Waals surface area contributed by atoms with Crippen molar-refractivity contribution in [1.82, 2.24) is 0 Å². The van der Waals surface area contributed by atoms with Gasteiger partial charge < -0.3 is 15.0 Å². The summed E-state index contributed by atoms with van der Waals surface area (Å²) >= 11 is 0. The molecule has 1 aliphatic heterocycles. The van der Waals surface area contributed by atoms with Crippen LogP contribution < -0.4 is 0 Å². The van der Waals surface area contributed by atoms with Gasteiger partial charge in [0.1, 0.15) is 6.04 Å². The lowest BCUT2D eigenvalue weighted by atomic mass is 10.2. The summed E-state index contributed by atoms with van der Waals surface area (Å²) < 4.78 is -0.240. The molecule has 1 N–H and O–H groups in total. The zero-order chi connectivity index (χ0) is 6.91. The fourth-order valence-electron chi connectivity index (χ4n) is 1.36. The second kappa shape index (κ2) is 2.25. The van der Waals surface area contributed by atoms with E-state index in [1.54, 1.807) is 7.05 Å². The fourth-order valence-corrected chi connectivity index (χ4v) is 1.36. The molecule has 1 fully saturated rings. The Bertz CT molecular complexity index is 103. The summed E-state index contributed by atoms with van der Waals surface area (Å²) in [7, 11) is 1.63. The molecule has 0 spiro atoms. The first-order chi connectivity index (χ1) is 4.17. The third-order valence-corrected chi connectivity index (χ3v) is 2.12. The van der Waals surface area contributed by atoms with Crippen molar-refractivity contribution in [3.05, 3.63) is 5.21 Å². The summed E-state index contributed by atoms with van der Waals surface area (Å²) in [5.41, 5.74) is 0. The van der Waals surface area contributed by atoms with Gasteiger partial charge in [-0.3, -0.25) is 0 Å². The highest BCUT2D eigenvalue weighted by Gasteiger charge is 2.29. The van der Waals surface area contributed by atoms with E-state index in [9.17, 15) is 5.21 Å². The predicted molar refractivity (Wildman–Crippen MR) is 34.5 cm³/mol. The average Bonchev–Trinajstić information content (AvgIpc) is 2.08. The first-order valence-electron chi connectivity index (χ1n) is 3.34. The van der Waals surface area contributed by atoms with Crippen molar-refractivity contribution in [2.24, 2.45) is 0 Å². The van der Waals surface area contributed by atoms with E-state index in [0.717, 1.165) is 12.8 Å². The summed E-state index contributed by atoms with van der Waals surface area (Å²) in [5.74, 6) is 0. The van der Waals surface area contributed by atoms with Crippen LogP contribution in [-0.4, -0.2) is 36.0 Å². The summed E-state index contributed by atoms with van der Waals surface area (Å²) in [6, 6.07) is -0.0509. The molecular weight excluding hydrogens is 118 g/mol. The molecule has 0 aromatic rings. The number of hydrogen-bond acceptors (Lipinski definition) is 2. The predicted octanol–water partition coefficient (Wildman–Crippen LogP) is 0.0855. The number of aliphatic hydroxyl groups is 1. The Morgan fingerprint density at radius 1 is 1.78 bits per heavy atom. The number of likely N-dealkylation sites (tertiary alicyclic amines) is 1. The largest absolute Gasteiger partial charge is 0.633 e. The SMILES string of the molecule is C[N+]1([O-])CCC[C@H]1CO. The number of likely N-dealkylation sites (N-methyl/N-ethyl adjacent to an activating group) is 1. The zero-order valence-electron chi connectivity index (χ0n) is 5.71. The molecule has 1 unspecified atom stereocenters. The lowest BCUT2D eigenvalue weighted by molar-refractivity contribution is -0.873. The van der Waals surface area contributed by atoms with Gasteiger partial charge in [-0.05, 0) is 0 Å². The van der Waals surface area contributed by atoms with Crippen molar-refractivity contribution < 1.29 is 9.75 Å². The number of quaternary nitrogens is 1. The monoisotopic (exact) mass is 131 g/mol. The molecule has 1 heterocycles. The Labute approximate surface area is 55.1 Å². The van der Waals surface area contributed by atoms with Gasteiger partial charge in [0.2, 0.25) is 0 Å². The second-order valence-corrected chi connectivity index (χ2v) is 2.88. The highest BCUT2D eigenvalue weighted by atomic mass is 16.5. The summed E-state index contributed by atoms with van der Waals surface area (Å²) in [6.45, 7) is 0.714. The van der Waals surface area contributed by atoms with E-state index >= 15 is 0 Å². The number of nitrogens with zero attached hydrogens (tertiary/aromatic N) is 1. The number of hydroxylamine groups is 3. The van der Waals surface area contributed by atoms with Crippen LogP contribution in [0.1, 0.15) is 12.8 Å². The molecule has 1 aliphatic rings. The quantitative estimate of drug-likeness (QED) is 0.404. The summed E-state index contributed by atoms with van der Waals surface area (Å²) in [6.07, 6.45) is 1.85. The minimum Gasteiger partial charge on any atom is -0.633 e. The Hall–Kier alpha value is -0.120. The van der Waals surface area contributed by atoms with Crippen molar-refractivity contribution in [2.45, 2.75) is 18.9 Å². The molecule has 0 saturated carbocycles. The van der Waals surface area contributed by atoms with E-state index in [2.05, 4.69) is 0 Å². The molecule has 0 amide bonds. The lowest BCUT2D eigenvalue weighted by Gasteiger charge is -2.39. The Morgan fingerprint density at radius 3 is 2.67 bits per heavy atom. The van der Waals surface area contributed by atoms with Crippen LogP contribution in [0.25, 0.3) is 0 Å². The van der Waals surface area contributed by atoms with Crippen LogP contribution in [-0.2, 0) is 0 Å². The molecule has 0 aliphatic carbocycles. The van der Waals surface area contributed by atoms with Gasteiger partial charge in [0.15, 0.2) is 0 Å². The van der Waals surface area contributed by atoms with Gasteiger partial charge in [0.05, 0.1) is 20.2 Å². The van der Waals surface area contributed by atoms with Gasteiger partial charge in [0.25, 0.3) is 0 Å². The molecule has 2 atom stereocenters. The molecule has 54 valence electrons. The molecule has 0 aromatic carbocycles. The van der Waals surface area contributed by atoms with E-state index in [1.165, 1.54) is 0 Å². The number of hydrogen-bond donors (Lipinski definition) is 1. The molecule has 3 nitrogen and oxygen atoms in total. The molecule has 1 saturated heterocycles. The topological polar surface area (TPSA) is 43.3 Å². The van der Waals surface area contributed by atoms with Crippen LogP contribution in [0.5, 0.6) is 0 Å². The van der Waals surface area contributed by atoms with E-state index in [1.807, 2.05) is 0 Å². The second-order valence-electron chi connectivity index (χ2n) is 2.88. The van der Waals surface area contributed by atoms with Crippen LogP contribution in [0, 0.1) is 5.21 Å². The normalized spacial score (nSPS) is 43.7. The van der Waals surface area contributed by atoms with Gasteiger partial charge >= 0.3 is 0 Å². The van der Waals surface area contributed by atoms with Crippen molar-refractivity contribution in [3.63, 3.8) is 0 Å². The Kier molecular flexibility index (Phi) is 1.75. The molecular formula is C6H13NO2. The maximum Gasteiger partial charge on any atom is 0.112 e. The highest BCUT2D eigenvalue weighted by molar-refractivity contribution is 4.65. The van der Waals surface area contributed by atoms with Crippen molar-refractivity contribution in [2.75, 3.05) is 20.2 Å². The van der Waals surface area contributed by atoms with E-state index in [-0.39, 0.29) is 17.3 Å². The van der Waals surface area contributed by atoms with Gasteiger partial charge in [-0.15, -0.1) is 0 Å². The van der Waals surface area contributed by atoms with Crippen LogP contribution in [0.2, 0.25) is 0 Å². The third kappa shape index (κ3) is 1.23. The fraction of sp³-hybridized carbons (Fsp3) is 1.00. The van der Waals surface area contributed by atoms with Gasteiger partial charge in [-0.1, -0.05) is 0 Å². The third-order valence-electron chi connectivity index (χ3n) is 2.12. The van der Waals surface area contributed by atoms with Crippen LogP contribution in [0.3, 0.4) is 0 Å². The molecule has 0 bridgehead atoms. The molecule has 1 rings (SSSR count). The smallest absolute Gasteiger partial charge is 0.112 e. The van der Waals surface area contributed by atoms with Crippen molar-refractivity contribution >= 4 is 0 Å². The first-order valence-corrected chi connectivity index (χ1v) is 3.34. The van der Waals surface area contributed by atoms with Crippen LogP contribution in [0.15, 0.2) is 0 Å². The van der Waals surface area contributed by atoms with Gasteiger partial charge in [-0.25, -0.2) is 0 Å². The van der Waals surface area contributed by atoms with Crippen molar-refractivity contribution in [1.29, 1.82) is 0 Å². The standard InChI is InChI=1S/C6H13NO2/c1-7(9)4-2-3-6(7)5-8/h6,8H,2-5H2,1H3/t6-,7?/m0/s1. The molecule has 9 heavy (non-hydrogen) atoms. The maximum absolute atomic E-state index is 11.2. The van der Waals surface area contributed by atoms with Gasteiger partial charge in [0, 0.05) is 12.8 Å². The Morgan fingerprint density at radius 2 is 2.44 bits per heavy atom. The Balaban J connectivity index is 2.52. The zero-order valence-corrected chi connectivity index (χ0v) is 5.71. The molecule has 0 radical (unpaired) electrons. The van der Waals surface area contributed by atoms with E-state index in [4.69, 9.17) is 5.11 Å². The highest BCUT2D eigenvalue weighted by Crippen LogP contribution is 2.21. The lowest BCUT2D eigenvalue weighted by Crippen LogP contribution is -2.43. The number of rotatable bonds is 1. The van der Waals surface area contributed by atoms with Gasteiger partial charge in [-0.2, -0.15) is 0 Å². The van der Waals surface area contributed by atoms with E-state index < -0.39 is 0 Å². The van der Waals surface area contributed by atoms with E-state index in [0.29, 0.717) is 6.54 Å².